The second-order valence-corrected chi connectivity index (χ2v) is 14.1. The predicted molar refractivity (Wildman–Crippen MR) is 180 cm³/mol. The first-order chi connectivity index (χ1) is 21.0. The van der Waals surface area contributed by atoms with E-state index in [0.717, 1.165) is 67.7 Å². The second kappa shape index (κ2) is 12.8. The van der Waals surface area contributed by atoms with Crippen LogP contribution < -0.4 is 10.2 Å². The van der Waals surface area contributed by atoms with Gasteiger partial charge in [0.05, 0.1) is 17.9 Å². The number of rotatable bonds is 8. The zero-order valence-electron chi connectivity index (χ0n) is 26.1. The quantitative estimate of drug-likeness (QED) is 0.233. The average Bonchev–Trinajstić information content (AvgIpc) is 3.45. The average molecular weight is 636 g/mol. The SMILES string of the molecule is CC1(C)OB(c2ccc3c(c2)CCCC(c2ccc(Cl)cc2Cl)=C3c2ccc(OC3CCN(CCCF)C3)cc2)OC1(C)C. The summed E-state index contributed by atoms with van der Waals surface area (Å²) in [5, 5.41) is 1.28. The summed E-state index contributed by atoms with van der Waals surface area (Å²) in [6.07, 6.45) is 4.46. The number of hydrogen-bond acceptors (Lipinski definition) is 4. The fourth-order valence-electron chi connectivity index (χ4n) is 6.54. The Bertz CT molecular complexity index is 1520. The molecule has 0 radical (unpaired) electrons. The van der Waals surface area contributed by atoms with Gasteiger partial charge in [-0.25, -0.2) is 0 Å². The lowest BCUT2D eigenvalue weighted by Gasteiger charge is -2.32. The van der Waals surface area contributed by atoms with E-state index in [1.807, 2.05) is 18.2 Å². The fraction of sp³-hybridized carbons (Fsp3) is 0.444. The van der Waals surface area contributed by atoms with Gasteiger partial charge in [0.2, 0.25) is 0 Å². The van der Waals surface area contributed by atoms with E-state index in [9.17, 15) is 4.39 Å². The van der Waals surface area contributed by atoms with Crippen LogP contribution in [0.2, 0.25) is 10.0 Å². The van der Waals surface area contributed by atoms with Gasteiger partial charge in [-0.15, -0.1) is 0 Å². The molecule has 44 heavy (non-hydrogen) atoms. The van der Waals surface area contributed by atoms with Crippen molar-refractivity contribution in [2.24, 2.45) is 0 Å². The number of benzene rings is 3. The van der Waals surface area contributed by atoms with Crippen LogP contribution >= 0.6 is 23.2 Å². The summed E-state index contributed by atoms with van der Waals surface area (Å²) in [6.45, 7) is 10.6. The van der Waals surface area contributed by atoms with E-state index in [2.05, 4.69) is 75.1 Å². The first-order valence-corrected chi connectivity index (χ1v) is 16.5. The molecule has 4 nitrogen and oxygen atoms in total. The molecule has 3 aliphatic rings. The van der Waals surface area contributed by atoms with E-state index in [0.29, 0.717) is 16.5 Å². The van der Waals surface area contributed by atoms with Gasteiger partial charge in [-0.05, 0) is 123 Å². The minimum Gasteiger partial charge on any atom is -0.489 e. The van der Waals surface area contributed by atoms with Crippen LogP contribution in [0, 0.1) is 0 Å². The van der Waals surface area contributed by atoms with Crippen molar-refractivity contribution in [3.63, 3.8) is 0 Å². The standard InChI is InChI=1S/C36H41BCl2FNO3/c1-35(2)36(3,4)44-37(43-35)26-11-15-30-25(21-26)7-5-8-32(31-16-12-27(38)22-33(31)39)34(30)24-9-13-28(14-10-24)42-29-17-20-41(23-29)19-6-18-40/h9-16,21-22,29H,5-8,17-20,23H2,1-4H3. The smallest absolute Gasteiger partial charge is 0.489 e. The maximum absolute atomic E-state index is 12.6. The van der Waals surface area contributed by atoms with Gasteiger partial charge < -0.3 is 14.0 Å². The van der Waals surface area contributed by atoms with Crippen LogP contribution in [-0.2, 0) is 15.7 Å². The van der Waals surface area contributed by atoms with Gasteiger partial charge in [-0.1, -0.05) is 59.6 Å². The molecule has 0 saturated carbocycles. The van der Waals surface area contributed by atoms with Gasteiger partial charge in [0.15, 0.2) is 0 Å². The van der Waals surface area contributed by atoms with E-state index in [-0.39, 0.29) is 12.8 Å². The molecule has 3 aromatic carbocycles. The molecule has 6 rings (SSSR count). The Morgan fingerprint density at radius 3 is 2.36 bits per heavy atom. The minimum atomic E-state index is -0.411. The lowest BCUT2D eigenvalue weighted by atomic mass is 9.76. The Morgan fingerprint density at radius 1 is 0.932 bits per heavy atom. The van der Waals surface area contributed by atoms with Gasteiger partial charge in [-0.3, -0.25) is 9.29 Å². The highest BCUT2D eigenvalue weighted by molar-refractivity contribution is 6.62. The molecule has 232 valence electrons. The number of hydrogen-bond donors (Lipinski definition) is 0. The molecule has 3 aromatic rings. The first-order valence-electron chi connectivity index (χ1n) is 15.8. The minimum absolute atomic E-state index is 0.120. The molecule has 1 unspecified atom stereocenters. The Labute approximate surface area is 271 Å². The Morgan fingerprint density at radius 2 is 1.66 bits per heavy atom. The Hall–Kier alpha value is -2.35. The largest absolute Gasteiger partial charge is 0.494 e. The highest BCUT2D eigenvalue weighted by Crippen LogP contribution is 2.43. The summed E-state index contributed by atoms with van der Waals surface area (Å²) in [6, 6.07) is 20.8. The second-order valence-electron chi connectivity index (χ2n) is 13.2. The maximum Gasteiger partial charge on any atom is 0.494 e. The number of nitrogens with zero attached hydrogens (tertiary/aromatic N) is 1. The third kappa shape index (κ3) is 6.48. The lowest BCUT2D eigenvalue weighted by Crippen LogP contribution is -2.41. The molecule has 2 heterocycles. The topological polar surface area (TPSA) is 30.9 Å². The van der Waals surface area contributed by atoms with Gasteiger partial charge in [0.1, 0.15) is 11.9 Å². The molecule has 2 fully saturated rings. The predicted octanol–water partition coefficient (Wildman–Crippen LogP) is 8.40. The van der Waals surface area contributed by atoms with Gasteiger partial charge in [0.25, 0.3) is 0 Å². The molecular formula is C36H41BCl2FNO3. The maximum atomic E-state index is 12.6. The fourth-order valence-corrected chi connectivity index (χ4v) is 7.06. The lowest BCUT2D eigenvalue weighted by molar-refractivity contribution is 0.00578. The van der Waals surface area contributed by atoms with Crippen LogP contribution in [0.15, 0.2) is 60.7 Å². The zero-order valence-corrected chi connectivity index (χ0v) is 27.6. The number of fused-ring (bicyclic) bond motifs is 1. The number of likely N-dealkylation sites (tertiary alicyclic amines) is 1. The van der Waals surface area contributed by atoms with Crippen molar-refractivity contribution in [3.8, 4) is 5.75 Å². The molecule has 2 aliphatic heterocycles. The first kappa shape index (κ1) is 31.6. The summed E-state index contributed by atoms with van der Waals surface area (Å²) in [5.74, 6) is 0.850. The van der Waals surface area contributed by atoms with Crippen LogP contribution in [0.25, 0.3) is 11.1 Å². The van der Waals surface area contributed by atoms with Crippen LogP contribution in [-0.4, -0.2) is 55.6 Å². The van der Waals surface area contributed by atoms with Gasteiger partial charge in [-0.2, -0.15) is 0 Å². The van der Waals surface area contributed by atoms with Crippen LogP contribution in [0.5, 0.6) is 5.75 Å². The summed E-state index contributed by atoms with van der Waals surface area (Å²) >= 11 is 13.1. The van der Waals surface area contributed by atoms with Crippen molar-refractivity contribution in [2.45, 2.75) is 77.1 Å². The Balaban J connectivity index is 1.35. The van der Waals surface area contributed by atoms with Crippen LogP contribution in [0.4, 0.5) is 4.39 Å². The molecule has 8 heteroatoms. The van der Waals surface area contributed by atoms with E-state index < -0.39 is 18.3 Å². The third-order valence-electron chi connectivity index (χ3n) is 9.64. The summed E-state index contributed by atoms with van der Waals surface area (Å²) < 4.78 is 31.8. The van der Waals surface area contributed by atoms with E-state index in [4.69, 9.17) is 37.2 Å². The van der Waals surface area contributed by atoms with Crippen LogP contribution in [0.3, 0.4) is 0 Å². The monoisotopic (exact) mass is 635 g/mol. The number of allylic oxidation sites excluding steroid dienone is 1. The number of aryl methyl sites for hydroxylation is 1. The molecule has 0 amide bonds. The zero-order chi connectivity index (χ0) is 31.1. The molecular weight excluding hydrogens is 595 g/mol. The molecule has 1 atom stereocenters. The Kier molecular flexibility index (Phi) is 9.21. The molecule has 0 spiro atoms. The van der Waals surface area contributed by atoms with Gasteiger partial charge in [0, 0.05) is 29.7 Å². The molecule has 0 N–H and O–H groups in total. The van der Waals surface area contributed by atoms with E-state index in [1.54, 1.807) is 0 Å². The third-order valence-corrected chi connectivity index (χ3v) is 10.2. The number of halogens is 3. The van der Waals surface area contributed by atoms with Gasteiger partial charge >= 0.3 is 7.12 Å². The van der Waals surface area contributed by atoms with Crippen molar-refractivity contribution < 1.29 is 18.4 Å². The van der Waals surface area contributed by atoms with Crippen molar-refractivity contribution in [1.82, 2.24) is 4.90 Å². The molecule has 0 aromatic heterocycles. The summed E-state index contributed by atoms with van der Waals surface area (Å²) in [4.78, 5) is 2.28. The van der Waals surface area contributed by atoms with Crippen molar-refractivity contribution >= 4 is 46.9 Å². The summed E-state index contributed by atoms with van der Waals surface area (Å²) in [7, 11) is -0.411. The van der Waals surface area contributed by atoms with E-state index >= 15 is 0 Å². The molecule has 0 bridgehead atoms. The van der Waals surface area contributed by atoms with Crippen LogP contribution in [0.1, 0.15) is 75.6 Å². The van der Waals surface area contributed by atoms with E-state index in [1.165, 1.54) is 22.3 Å². The summed E-state index contributed by atoms with van der Waals surface area (Å²) in [5.41, 5.74) is 7.20. The van der Waals surface area contributed by atoms with Crippen molar-refractivity contribution in [2.75, 3.05) is 26.3 Å². The van der Waals surface area contributed by atoms with Crippen molar-refractivity contribution in [1.29, 1.82) is 0 Å². The van der Waals surface area contributed by atoms with Crippen molar-refractivity contribution in [3.05, 3.63) is 93.0 Å². The molecule has 1 aliphatic carbocycles. The number of ether oxygens (including phenoxy) is 1. The highest BCUT2D eigenvalue weighted by atomic mass is 35.5. The normalized spacial score (nSPS) is 21.4. The highest BCUT2D eigenvalue weighted by Gasteiger charge is 2.51. The number of alkyl halides is 1. The molecule has 2 saturated heterocycles.